The number of benzene rings is 3. The van der Waals surface area contributed by atoms with Crippen LogP contribution in [0.3, 0.4) is 0 Å². The lowest BCUT2D eigenvalue weighted by atomic mass is 10.2. The number of aromatic hydroxyl groups is 1. The van der Waals surface area contributed by atoms with E-state index in [1.54, 1.807) is 42.5 Å². The molecule has 0 unspecified atom stereocenters. The molecule has 0 radical (unpaired) electrons. The first-order valence-corrected chi connectivity index (χ1v) is 8.72. The monoisotopic (exact) mass is 392 g/mol. The third kappa shape index (κ3) is 4.84. The maximum Gasteiger partial charge on any atom is 0.275 e. The average Bonchev–Trinajstić information content (AvgIpc) is 2.75. The number of methoxy groups -OCH3 is 2. The molecule has 0 aromatic heterocycles. The Kier molecular flexibility index (Phi) is 6.32. The average molecular weight is 392 g/mol. The largest absolute Gasteiger partial charge is 0.507 e. The molecule has 2 N–H and O–H groups in total. The molecule has 3 aromatic carbocycles. The number of hydrazone groups is 1. The van der Waals surface area contributed by atoms with Gasteiger partial charge in [0.05, 0.1) is 31.6 Å². The molecule has 148 valence electrons. The molecule has 7 nitrogen and oxygen atoms in total. The fourth-order valence-electron chi connectivity index (χ4n) is 2.58. The van der Waals surface area contributed by atoms with Gasteiger partial charge in [-0.15, -0.1) is 0 Å². The summed E-state index contributed by atoms with van der Waals surface area (Å²) in [6, 6.07) is 19.0. The van der Waals surface area contributed by atoms with Gasteiger partial charge in [-0.25, -0.2) is 5.43 Å². The SMILES string of the molecule is COc1cc(O)c(C=NNC(=O)c2ccccc2Oc2ccccc2)c(OC)c1. The van der Waals surface area contributed by atoms with Gasteiger partial charge in [-0.1, -0.05) is 30.3 Å². The zero-order chi connectivity index (χ0) is 20.6. The topological polar surface area (TPSA) is 89.4 Å². The highest BCUT2D eigenvalue weighted by Gasteiger charge is 2.13. The van der Waals surface area contributed by atoms with E-state index in [9.17, 15) is 9.90 Å². The third-order valence-electron chi connectivity index (χ3n) is 4.01. The van der Waals surface area contributed by atoms with Crippen molar-refractivity contribution in [2.24, 2.45) is 5.10 Å². The molecule has 0 bridgehead atoms. The fraction of sp³-hybridized carbons (Fsp3) is 0.0909. The molecule has 7 heteroatoms. The van der Waals surface area contributed by atoms with E-state index >= 15 is 0 Å². The second kappa shape index (κ2) is 9.27. The smallest absolute Gasteiger partial charge is 0.275 e. The van der Waals surface area contributed by atoms with Crippen molar-refractivity contribution in [3.63, 3.8) is 0 Å². The van der Waals surface area contributed by atoms with Crippen molar-refractivity contribution in [2.45, 2.75) is 0 Å². The highest BCUT2D eigenvalue weighted by Crippen LogP contribution is 2.31. The molecule has 0 saturated carbocycles. The predicted molar refractivity (Wildman–Crippen MR) is 109 cm³/mol. The number of carbonyl (C=O) groups is 1. The Morgan fingerprint density at radius 3 is 2.38 bits per heavy atom. The zero-order valence-corrected chi connectivity index (χ0v) is 16.0. The highest BCUT2D eigenvalue weighted by molar-refractivity contribution is 5.98. The molecule has 3 aromatic rings. The molecule has 0 heterocycles. The van der Waals surface area contributed by atoms with Gasteiger partial charge < -0.3 is 19.3 Å². The molecule has 0 saturated heterocycles. The minimum absolute atomic E-state index is 0.0907. The standard InChI is InChI=1S/C22H20N2O5/c1-27-16-12-19(25)18(21(13-16)28-2)14-23-24-22(26)17-10-6-7-11-20(17)29-15-8-4-3-5-9-15/h3-14,25H,1-2H3,(H,24,26). The number of phenolic OH excluding ortho intramolecular Hbond substituents is 1. The molecule has 3 rings (SSSR count). The first kappa shape index (κ1) is 19.8. The van der Waals surface area contributed by atoms with Gasteiger partial charge in [-0.3, -0.25) is 4.79 Å². The summed E-state index contributed by atoms with van der Waals surface area (Å²) >= 11 is 0. The Labute approximate surface area is 168 Å². The molecule has 0 atom stereocenters. The fourth-order valence-corrected chi connectivity index (χ4v) is 2.58. The third-order valence-corrected chi connectivity index (χ3v) is 4.01. The van der Waals surface area contributed by atoms with Gasteiger partial charge in [-0.2, -0.15) is 5.10 Å². The summed E-state index contributed by atoms with van der Waals surface area (Å²) in [5.41, 5.74) is 3.06. The van der Waals surface area contributed by atoms with E-state index in [0.717, 1.165) is 0 Å². The number of ether oxygens (including phenoxy) is 3. The highest BCUT2D eigenvalue weighted by atomic mass is 16.5. The van der Waals surface area contributed by atoms with Crippen LogP contribution >= 0.6 is 0 Å². The lowest BCUT2D eigenvalue weighted by Gasteiger charge is -2.10. The summed E-state index contributed by atoms with van der Waals surface area (Å²) in [7, 11) is 2.94. The van der Waals surface area contributed by atoms with E-state index in [-0.39, 0.29) is 5.75 Å². The van der Waals surface area contributed by atoms with Gasteiger partial charge in [0.15, 0.2) is 0 Å². The molecular weight excluding hydrogens is 372 g/mol. The maximum atomic E-state index is 12.6. The van der Waals surface area contributed by atoms with Crippen molar-refractivity contribution in [3.8, 4) is 28.7 Å². The van der Waals surface area contributed by atoms with E-state index in [1.807, 2.05) is 18.2 Å². The second-order valence-corrected chi connectivity index (χ2v) is 5.87. The van der Waals surface area contributed by atoms with Gasteiger partial charge in [0.1, 0.15) is 28.7 Å². The quantitative estimate of drug-likeness (QED) is 0.469. The van der Waals surface area contributed by atoms with Crippen LogP contribution in [0.5, 0.6) is 28.7 Å². The number of hydrogen-bond acceptors (Lipinski definition) is 6. The van der Waals surface area contributed by atoms with E-state index in [0.29, 0.717) is 34.1 Å². The summed E-state index contributed by atoms with van der Waals surface area (Å²) < 4.78 is 16.1. The Hall–Kier alpha value is -4.00. The zero-order valence-electron chi connectivity index (χ0n) is 16.0. The lowest BCUT2D eigenvalue weighted by molar-refractivity contribution is 0.0953. The van der Waals surface area contributed by atoms with Crippen molar-refractivity contribution in [2.75, 3.05) is 14.2 Å². The summed E-state index contributed by atoms with van der Waals surface area (Å²) in [5, 5.41) is 14.1. The van der Waals surface area contributed by atoms with Crippen LogP contribution in [0.2, 0.25) is 0 Å². The van der Waals surface area contributed by atoms with Gasteiger partial charge in [-0.05, 0) is 24.3 Å². The number of phenols is 1. The first-order valence-electron chi connectivity index (χ1n) is 8.72. The predicted octanol–water partition coefficient (Wildman–Crippen LogP) is 3.97. The lowest BCUT2D eigenvalue weighted by Crippen LogP contribution is -2.18. The van der Waals surface area contributed by atoms with Crippen LogP contribution in [0.1, 0.15) is 15.9 Å². The van der Waals surface area contributed by atoms with Crippen LogP contribution in [0.4, 0.5) is 0 Å². The Balaban J connectivity index is 1.77. The van der Waals surface area contributed by atoms with E-state index in [2.05, 4.69) is 10.5 Å². The van der Waals surface area contributed by atoms with Crippen LogP contribution < -0.4 is 19.6 Å². The summed E-state index contributed by atoms with van der Waals surface area (Å²) in [6.45, 7) is 0. The maximum absolute atomic E-state index is 12.6. The van der Waals surface area contributed by atoms with Crippen LogP contribution in [0.15, 0.2) is 71.8 Å². The summed E-state index contributed by atoms with van der Waals surface area (Å²) in [5.74, 6) is 1.26. The number of hydrogen-bond donors (Lipinski definition) is 2. The van der Waals surface area contributed by atoms with Gasteiger partial charge in [0, 0.05) is 12.1 Å². The Bertz CT molecular complexity index is 1020. The molecular formula is C22H20N2O5. The van der Waals surface area contributed by atoms with Crippen molar-refractivity contribution < 1.29 is 24.1 Å². The number of amides is 1. The normalized spacial score (nSPS) is 10.6. The minimum atomic E-state index is -0.459. The number of carbonyl (C=O) groups excluding carboxylic acids is 1. The van der Waals surface area contributed by atoms with E-state index in [1.165, 1.54) is 26.5 Å². The van der Waals surface area contributed by atoms with E-state index in [4.69, 9.17) is 14.2 Å². The number of rotatable bonds is 7. The van der Waals surface area contributed by atoms with E-state index < -0.39 is 5.91 Å². The van der Waals surface area contributed by atoms with Gasteiger partial charge >= 0.3 is 0 Å². The van der Waals surface area contributed by atoms with Gasteiger partial charge in [0.2, 0.25) is 0 Å². The minimum Gasteiger partial charge on any atom is -0.507 e. The van der Waals surface area contributed by atoms with Crippen molar-refractivity contribution >= 4 is 12.1 Å². The van der Waals surface area contributed by atoms with Crippen molar-refractivity contribution in [1.82, 2.24) is 5.43 Å². The summed E-state index contributed by atoms with van der Waals surface area (Å²) in [4.78, 5) is 12.6. The Morgan fingerprint density at radius 1 is 0.931 bits per heavy atom. The Morgan fingerprint density at radius 2 is 1.66 bits per heavy atom. The molecule has 0 spiro atoms. The molecule has 0 aliphatic carbocycles. The van der Waals surface area contributed by atoms with Crippen molar-refractivity contribution in [1.29, 1.82) is 0 Å². The number of nitrogens with zero attached hydrogens (tertiary/aromatic N) is 1. The molecule has 0 aliphatic rings. The molecule has 1 amide bonds. The van der Waals surface area contributed by atoms with Crippen LogP contribution in [0, 0.1) is 0 Å². The summed E-state index contributed by atoms with van der Waals surface area (Å²) in [6.07, 6.45) is 1.30. The first-order chi connectivity index (χ1) is 14.1. The molecule has 0 fully saturated rings. The van der Waals surface area contributed by atoms with Crippen LogP contribution in [0.25, 0.3) is 0 Å². The van der Waals surface area contributed by atoms with Crippen LogP contribution in [-0.4, -0.2) is 31.4 Å². The molecule has 0 aliphatic heterocycles. The van der Waals surface area contributed by atoms with Gasteiger partial charge in [0.25, 0.3) is 5.91 Å². The van der Waals surface area contributed by atoms with Crippen LogP contribution in [-0.2, 0) is 0 Å². The number of para-hydroxylation sites is 2. The second-order valence-electron chi connectivity index (χ2n) is 5.87. The number of nitrogens with one attached hydrogen (secondary N) is 1. The van der Waals surface area contributed by atoms with Crippen molar-refractivity contribution in [3.05, 3.63) is 77.9 Å². The molecule has 29 heavy (non-hydrogen) atoms.